The number of aromatic nitrogens is 2. The third-order valence-corrected chi connectivity index (χ3v) is 4.96. The van der Waals surface area contributed by atoms with Crippen LogP contribution >= 0.6 is 11.6 Å². The Bertz CT molecular complexity index is 1350. The molecule has 2 heterocycles. The normalized spacial score (nSPS) is 10.0. The van der Waals surface area contributed by atoms with E-state index in [-0.39, 0.29) is 11.6 Å². The maximum Gasteiger partial charge on any atom is 0.269 e. The summed E-state index contributed by atoms with van der Waals surface area (Å²) >= 11 is 5.55. The molecule has 0 atom stereocenters. The second-order valence-corrected chi connectivity index (χ2v) is 8.04. The molecule has 38 heavy (non-hydrogen) atoms. The zero-order chi connectivity index (χ0) is 27.3. The maximum absolute atomic E-state index is 11.6. The molecule has 0 radical (unpaired) electrons. The number of carbonyl (C=O) groups excluding carboxylic acids is 1. The zero-order valence-electron chi connectivity index (χ0n) is 20.1. The molecule has 0 spiro atoms. The number of anilines is 3. The molecule has 0 saturated heterocycles. The van der Waals surface area contributed by atoms with Crippen LogP contribution in [-0.4, -0.2) is 26.7 Å². The number of nitrogens with two attached hydrogens (primary N) is 2. The van der Waals surface area contributed by atoms with Gasteiger partial charge in [-0.1, -0.05) is 0 Å². The number of nitrogen functional groups attached to an aromatic ring is 2. The highest BCUT2D eigenvalue weighted by atomic mass is 35.5. The van der Waals surface area contributed by atoms with Crippen molar-refractivity contribution in [1.82, 2.24) is 9.97 Å². The van der Waals surface area contributed by atoms with E-state index in [1.54, 1.807) is 54.7 Å². The average molecular weight is 537 g/mol. The summed E-state index contributed by atoms with van der Waals surface area (Å²) in [4.78, 5) is 29.5. The first-order chi connectivity index (χ1) is 18.3. The van der Waals surface area contributed by atoms with Crippen LogP contribution < -0.4 is 26.3 Å². The van der Waals surface area contributed by atoms with E-state index in [4.69, 9.17) is 32.5 Å². The number of halogens is 1. The first-order valence-electron chi connectivity index (χ1n) is 11.3. The Morgan fingerprint density at radius 2 is 1.45 bits per heavy atom. The summed E-state index contributed by atoms with van der Waals surface area (Å²) in [5.74, 6) is 3.42. The molecule has 0 fully saturated rings. The number of rotatable bonds is 9. The van der Waals surface area contributed by atoms with Crippen molar-refractivity contribution in [1.29, 1.82) is 0 Å². The smallest absolute Gasteiger partial charge is 0.269 e. The first kappa shape index (κ1) is 27.7. The lowest BCUT2D eigenvalue weighted by atomic mass is 10.3. The van der Waals surface area contributed by atoms with Crippen LogP contribution in [0.1, 0.15) is 12.8 Å². The molecule has 0 aliphatic carbocycles. The Hall–Kier alpha value is -4.90. The number of ether oxygens (including phenoxy) is 2. The minimum Gasteiger partial charge on any atom is -0.457 e. The molecule has 1 amide bonds. The number of nitro groups is 1. The summed E-state index contributed by atoms with van der Waals surface area (Å²) < 4.78 is 11.1. The fourth-order valence-corrected chi connectivity index (χ4v) is 3.04. The molecule has 11 nitrogen and oxygen atoms in total. The van der Waals surface area contributed by atoms with Gasteiger partial charge in [-0.25, -0.2) is 9.97 Å². The van der Waals surface area contributed by atoms with Crippen LogP contribution in [-0.2, 0) is 4.79 Å². The fourth-order valence-electron chi connectivity index (χ4n) is 2.91. The van der Waals surface area contributed by atoms with Gasteiger partial charge >= 0.3 is 0 Å². The highest BCUT2D eigenvalue weighted by Crippen LogP contribution is 2.25. The SMILES string of the molecule is Nc1cc(Oc2ccc([N+](=O)[O-])cc2)ccn1.Nc1ccc(Oc2ccnc(NC(=O)CCCCl)c2)cc1. The predicted molar refractivity (Wildman–Crippen MR) is 146 cm³/mol. The zero-order valence-corrected chi connectivity index (χ0v) is 20.9. The molecule has 0 saturated carbocycles. The molecule has 12 heteroatoms. The average Bonchev–Trinajstić information content (AvgIpc) is 2.90. The van der Waals surface area contributed by atoms with Gasteiger partial charge in [0.15, 0.2) is 0 Å². The van der Waals surface area contributed by atoms with Crippen molar-refractivity contribution in [3.63, 3.8) is 0 Å². The monoisotopic (exact) mass is 536 g/mol. The number of carbonyl (C=O) groups is 1. The van der Waals surface area contributed by atoms with Crippen molar-refractivity contribution >= 4 is 40.5 Å². The van der Waals surface area contributed by atoms with Crippen LogP contribution in [0, 0.1) is 10.1 Å². The van der Waals surface area contributed by atoms with E-state index < -0.39 is 4.92 Å². The van der Waals surface area contributed by atoms with Crippen molar-refractivity contribution in [2.75, 3.05) is 22.7 Å². The van der Waals surface area contributed by atoms with Gasteiger partial charge in [0.2, 0.25) is 5.91 Å². The lowest BCUT2D eigenvalue weighted by Gasteiger charge is -2.08. The summed E-state index contributed by atoms with van der Waals surface area (Å²) in [6, 6.07) is 19.4. The number of hydrogen-bond acceptors (Lipinski definition) is 9. The molecule has 5 N–H and O–H groups in total. The molecule has 0 aliphatic rings. The van der Waals surface area contributed by atoms with E-state index in [9.17, 15) is 14.9 Å². The molecule has 0 unspecified atom stereocenters. The molecule has 0 aliphatic heterocycles. The van der Waals surface area contributed by atoms with E-state index in [0.717, 1.165) is 0 Å². The van der Waals surface area contributed by atoms with Crippen molar-refractivity contribution in [2.24, 2.45) is 0 Å². The predicted octanol–water partition coefficient (Wildman–Crippen LogP) is 5.78. The van der Waals surface area contributed by atoms with Gasteiger partial charge in [0.25, 0.3) is 5.69 Å². The molecule has 4 aromatic rings. The van der Waals surface area contributed by atoms with Crippen LogP contribution in [0.15, 0.2) is 85.2 Å². The minimum absolute atomic E-state index is 0.0200. The number of non-ortho nitro benzene ring substituents is 1. The van der Waals surface area contributed by atoms with E-state index in [2.05, 4.69) is 15.3 Å². The van der Waals surface area contributed by atoms with E-state index in [1.165, 1.54) is 30.5 Å². The number of amides is 1. The van der Waals surface area contributed by atoms with E-state index in [0.29, 0.717) is 59.0 Å². The summed E-state index contributed by atoms with van der Waals surface area (Å²) in [5, 5.41) is 13.2. The number of pyridine rings is 2. The van der Waals surface area contributed by atoms with E-state index in [1.807, 2.05) is 0 Å². The van der Waals surface area contributed by atoms with Gasteiger partial charge < -0.3 is 26.3 Å². The number of hydrogen-bond donors (Lipinski definition) is 3. The number of alkyl halides is 1. The third kappa shape index (κ3) is 9.28. The Labute approximate surface area is 223 Å². The lowest BCUT2D eigenvalue weighted by Crippen LogP contribution is -2.12. The molecule has 196 valence electrons. The standard InChI is InChI=1S/C15H16ClN3O2.C11H9N3O3/c16-8-1-2-15(20)19-14-10-13(7-9-18-14)21-12-5-3-11(17)4-6-12;12-11-7-10(5-6-13-11)17-9-3-1-8(2-4-9)14(15)16/h3-7,9-10H,1-2,8,17H2,(H,18,19,20);1-7H,(H2,12,13). The lowest BCUT2D eigenvalue weighted by molar-refractivity contribution is -0.384. The van der Waals surface area contributed by atoms with Gasteiger partial charge in [0, 0.05) is 54.6 Å². The Kier molecular flexibility index (Phi) is 10.2. The highest BCUT2D eigenvalue weighted by Gasteiger charge is 2.06. The van der Waals surface area contributed by atoms with Gasteiger partial charge in [-0.15, -0.1) is 11.6 Å². The van der Waals surface area contributed by atoms with Crippen LogP contribution in [0.5, 0.6) is 23.0 Å². The van der Waals surface area contributed by atoms with Crippen LogP contribution in [0.2, 0.25) is 0 Å². The first-order valence-corrected chi connectivity index (χ1v) is 11.8. The Morgan fingerprint density at radius 3 is 2.03 bits per heavy atom. The van der Waals surface area contributed by atoms with Crippen LogP contribution in [0.25, 0.3) is 0 Å². The molecular weight excluding hydrogens is 512 g/mol. The van der Waals surface area contributed by atoms with Crippen LogP contribution in [0.3, 0.4) is 0 Å². The minimum atomic E-state index is -0.464. The van der Waals surface area contributed by atoms with Crippen LogP contribution in [0.4, 0.5) is 23.0 Å². The third-order valence-electron chi connectivity index (χ3n) is 4.69. The van der Waals surface area contributed by atoms with E-state index >= 15 is 0 Å². The van der Waals surface area contributed by atoms with Gasteiger partial charge in [-0.3, -0.25) is 14.9 Å². The summed E-state index contributed by atoms with van der Waals surface area (Å²) in [6.45, 7) is 0. The number of nitrogens with zero attached hydrogens (tertiary/aromatic N) is 3. The van der Waals surface area contributed by atoms with Gasteiger partial charge in [0.1, 0.15) is 34.6 Å². The summed E-state index contributed by atoms with van der Waals surface area (Å²) in [5.41, 5.74) is 11.8. The molecular formula is C26H25ClN6O5. The number of benzene rings is 2. The van der Waals surface area contributed by atoms with Crippen molar-refractivity contribution in [3.05, 3.63) is 95.3 Å². The largest absolute Gasteiger partial charge is 0.457 e. The number of nitro benzene ring substituents is 1. The summed E-state index contributed by atoms with van der Waals surface area (Å²) in [6.07, 6.45) is 4.10. The molecule has 4 rings (SSSR count). The topological polar surface area (TPSA) is 169 Å². The molecule has 2 aromatic carbocycles. The Morgan fingerprint density at radius 1 is 0.868 bits per heavy atom. The van der Waals surface area contributed by atoms with Gasteiger partial charge in [-0.2, -0.15) is 0 Å². The highest BCUT2D eigenvalue weighted by molar-refractivity contribution is 6.18. The quantitative estimate of drug-likeness (QED) is 0.104. The number of nitrogens with one attached hydrogen (secondary N) is 1. The maximum atomic E-state index is 11.6. The van der Waals surface area contributed by atoms with Gasteiger partial charge in [0.05, 0.1) is 4.92 Å². The molecule has 0 bridgehead atoms. The van der Waals surface area contributed by atoms with Crippen molar-refractivity contribution < 1.29 is 19.2 Å². The molecule has 2 aromatic heterocycles. The summed E-state index contributed by atoms with van der Waals surface area (Å²) in [7, 11) is 0. The second kappa shape index (κ2) is 14.0. The van der Waals surface area contributed by atoms with Gasteiger partial charge in [-0.05, 0) is 55.0 Å². The van der Waals surface area contributed by atoms with Crippen molar-refractivity contribution in [3.8, 4) is 23.0 Å². The second-order valence-electron chi connectivity index (χ2n) is 7.66. The van der Waals surface area contributed by atoms with Crippen molar-refractivity contribution in [2.45, 2.75) is 12.8 Å². The Balaban J connectivity index is 0.000000215. The fraction of sp³-hybridized carbons (Fsp3) is 0.115.